The minimum atomic E-state index is -0.372. The largest absolute Gasteiger partial charge is 0.459 e. The van der Waals surface area contributed by atoms with E-state index in [2.05, 4.69) is 0 Å². The number of fused-ring (bicyclic) bond motifs is 1. The fraction of sp³-hybridized carbons (Fsp3) is 0.214. The quantitative estimate of drug-likeness (QED) is 0.636. The first kappa shape index (κ1) is 11.5. The van der Waals surface area contributed by atoms with Crippen LogP contribution in [0.3, 0.4) is 0 Å². The Labute approximate surface area is 100 Å². The van der Waals surface area contributed by atoms with Gasteiger partial charge in [-0.3, -0.25) is 0 Å². The molecule has 88 valence electrons. The first-order valence-electron chi connectivity index (χ1n) is 5.57. The fourth-order valence-electron chi connectivity index (χ4n) is 1.71. The van der Waals surface area contributed by atoms with Gasteiger partial charge in [-0.15, -0.1) is 0 Å². The molecule has 3 nitrogen and oxygen atoms in total. The van der Waals surface area contributed by atoms with E-state index >= 15 is 0 Å². The molecule has 0 aliphatic heterocycles. The van der Waals surface area contributed by atoms with Gasteiger partial charge in [-0.2, -0.15) is 0 Å². The molecule has 0 amide bonds. The van der Waals surface area contributed by atoms with Crippen molar-refractivity contribution in [3.05, 3.63) is 42.0 Å². The molecule has 0 aliphatic rings. The van der Waals surface area contributed by atoms with Crippen LogP contribution in [0.4, 0.5) is 5.69 Å². The van der Waals surface area contributed by atoms with E-state index in [1.807, 2.05) is 38.1 Å². The second-order valence-corrected chi connectivity index (χ2v) is 4.24. The summed E-state index contributed by atoms with van der Waals surface area (Å²) in [6, 6.07) is 11.3. The van der Waals surface area contributed by atoms with Gasteiger partial charge in [0.15, 0.2) is 0 Å². The molecule has 0 fully saturated rings. The Morgan fingerprint density at radius 3 is 2.35 bits per heavy atom. The minimum absolute atomic E-state index is 0.145. The van der Waals surface area contributed by atoms with Gasteiger partial charge in [0.05, 0.1) is 11.7 Å². The predicted molar refractivity (Wildman–Crippen MR) is 68.9 cm³/mol. The second kappa shape index (κ2) is 4.45. The fourth-order valence-corrected chi connectivity index (χ4v) is 1.71. The first-order valence-corrected chi connectivity index (χ1v) is 5.57. The van der Waals surface area contributed by atoms with Crippen LogP contribution >= 0.6 is 0 Å². The zero-order valence-electron chi connectivity index (χ0n) is 9.94. The lowest BCUT2D eigenvalue weighted by molar-refractivity contribution is 0.0379. The summed E-state index contributed by atoms with van der Waals surface area (Å²) in [6.45, 7) is 3.63. The van der Waals surface area contributed by atoms with Crippen molar-refractivity contribution in [1.29, 1.82) is 0 Å². The third-order valence-corrected chi connectivity index (χ3v) is 2.48. The highest BCUT2D eigenvalue weighted by molar-refractivity contribution is 6.01. The molecule has 0 bridgehead atoms. The average molecular weight is 229 g/mol. The molecule has 2 aromatic rings. The molecule has 0 radical (unpaired) electrons. The van der Waals surface area contributed by atoms with Gasteiger partial charge in [-0.1, -0.05) is 24.3 Å². The predicted octanol–water partition coefficient (Wildman–Crippen LogP) is 2.99. The molecule has 0 saturated heterocycles. The van der Waals surface area contributed by atoms with Crippen molar-refractivity contribution in [3.63, 3.8) is 0 Å². The van der Waals surface area contributed by atoms with Crippen LogP contribution < -0.4 is 5.73 Å². The molecule has 0 atom stereocenters. The molecule has 0 spiro atoms. The lowest BCUT2D eigenvalue weighted by Crippen LogP contribution is -2.13. The summed E-state index contributed by atoms with van der Waals surface area (Å²) in [6.07, 6.45) is -0.145. The summed E-state index contributed by atoms with van der Waals surface area (Å²) in [5, 5.41) is 2.00. The molecule has 0 saturated carbocycles. The molecule has 17 heavy (non-hydrogen) atoms. The van der Waals surface area contributed by atoms with Gasteiger partial charge in [-0.25, -0.2) is 4.79 Å². The summed E-state index contributed by atoms with van der Waals surface area (Å²) in [5.41, 5.74) is 6.74. The Morgan fingerprint density at radius 1 is 1.18 bits per heavy atom. The number of carbonyl (C=O) groups excluding carboxylic acids is 1. The van der Waals surface area contributed by atoms with Gasteiger partial charge in [0.25, 0.3) is 0 Å². The maximum atomic E-state index is 11.8. The normalized spacial score (nSPS) is 10.8. The maximum Gasteiger partial charge on any atom is 0.340 e. The van der Waals surface area contributed by atoms with Crippen molar-refractivity contribution in [3.8, 4) is 0 Å². The lowest BCUT2D eigenvalue weighted by Gasteiger charge is -2.10. The number of nitrogen functional groups attached to an aromatic ring is 1. The molecular formula is C14H15NO2. The molecular weight excluding hydrogens is 214 g/mol. The Bertz CT molecular complexity index is 561. The van der Waals surface area contributed by atoms with Crippen LogP contribution in [-0.2, 0) is 4.74 Å². The number of esters is 1. The van der Waals surface area contributed by atoms with Crippen LogP contribution in [0.5, 0.6) is 0 Å². The van der Waals surface area contributed by atoms with E-state index in [0.717, 1.165) is 10.8 Å². The van der Waals surface area contributed by atoms with E-state index in [-0.39, 0.29) is 12.1 Å². The number of hydrogen-bond donors (Lipinski definition) is 1. The Kier molecular flexibility index (Phi) is 3.00. The third kappa shape index (κ3) is 2.38. The monoisotopic (exact) mass is 229 g/mol. The Hall–Kier alpha value is -2.03. The second-order valence-electron chi connectivity index (χ2n) is 4.24. The zero-order valence-corrected chi connectivity index (χ0v) is 9.94. The Balaban J connectivity index is 2.47. The molecule has 3 heteroatoms. The van der Waals surface area contributed by atoms with E-state index in [1.165, 1.54) is 0 Å². The molecule has 0 heterocycles. The number of benzene rings is 2. The number of rotatable bonds is 2. The SMILES string of the molecule is CC(C)OC(=O)c1cc2ccccc2cc1N. The lowest BCUT2D eigenvalue weighted by atomic mass is 10.1. The van der Waals surface area contributed by atoms with Crippen molar-refractivity contribution >= 4 is 22.4 Å². The summed E-state index contributed by atoms with van der Waals surface area (Å²) in [4.78, 5) is 11.8. The summed E-state index contributed by atoms with van der Waals surface area (Å²) >= 11 is 0. The smallest absolute Gasteiger partial charge is 0.340 e. The standard InChI is InChI=1S/C14H15NO2/c1-9(2)17-14(16)12-7-10-5-3-4-6-11(10)8-13(12)15/h3-9H,15H2,1-2H3. The number of ether oxygens (including phenoxy) is 1. The highest BCUT2D eigenvalue weighted by Crippen LogP contribution is 2.22. The van der Waals surface area contributed by atoms with Crippen molar-refractivity contribution < 1.29 is 9.53 Å². The van der Waals surface area contributed by atoms with E-state index in [4.69, 9.17) is 10.5 Å². The van der Waals surface area contributed by atoms with Crippen LogP contribution in [0.15, 0.2) is 36.4 Å². The minimum Gasteiger partial charge on any atom is -0.459 e. The number of carbonyl (C=O) groups is 1. The van der Waals surface area contributed by atoms with Crippen LogP contribution in [0.1, 0.15) is 24.2 Å². The van der Waals surface area contributed by atoms with Gasteiger partial charge in [-0.05, 0) is 36.8 Å². The summed E-state index contributed by atoms with van der Waals surface area (Å²) in [7, 11) is 0. The molecule has 0 unspecified atom stereocenters. The molecule has 2 rings (SSSR count). The van der Waals surface area contributed by atoms with Crippen LogP contribution in [0.25, 0.3) is 10.8 Å². The highest BCUT2D eigenvalue weighted by Gasteiger charge is 2.13. The molecule has 0 aliphatic carbocycles. The van der Waals surface area contributed by atoms with Crippen molar-refractivity contribution in [2.24, 2.45) is 0 Å². The highest BCUT2D eigenvalue weighted by atomic mass is 16.5. The summed E-state index contributed by atoms with van der Waals surface area (Å²) < 4.78 is 5.15. The van der Waals surface area contributed by atoms with E-state index < -0.39 is 0 Å². The van der Waals surface area contributed by atoms with Gasteiger partial charge < -0.3 is 10.5 Å². The topological polar surface area (TPSA) is 52.3 Å². The van der Waals surface area contributed by atoms with Gasteiger partial charge in [0, 0.05) is 5.69 Å². The summed E-state index contributed by atoms with van der Waals surface area (Å²) in [5.74, 6) is -0.372. The van der Waals surface area contributed by atoms with Gasteiger partial charge >= 0.3 is 5.97 Å². The number of hydrogen-bond acceptors (Lipinski definition) is 3. The van der Waals surface area contributed by atoms with Crippen LogP contribution in [0, 0.1) is 0 Å². The Morgan fingerprint density at radius 2 is 1.76 bits per heavy atom. The third-order valence-electron chi connectivity index (χ3n) is 2.48. The maximum absolute atomic E-state index is 11.8. The van der Waals surface area contributed by atoms with E-state index in [1.54, 1.807) is 12.1 Å². The van der Waals surface area contributed by atoms with Crippen molar-refractivity contribution in [2.45, 2.75) is 20.0 Å². The van der Waals surface area contributed by atoms with Gasteiger partial charge in [0.1, 0.15) is 0 Å². The van der Waals surface area contributed by atoms with Crippen molar-refractivity contribution in [1.82, 2.24) is 0 Å². The first-order chi connectivity index (χ1) is 8.08. The van der Waals surface area contributed by atoms with Gasteiger partial charge in [0.2, 0.25) is 0 Å². The average Bonchev–Trinajstić information content (AvgIpc) is 2.27. The number of nitrogens with two attached hydrogens (primary N) is 1. The molecule has 2 aromatic carbocycles. The molecule has 2 N–H and O–H groups in total. The number of anilines is 1. The molecule has 0 aromatic heterocycles. The van der Waals surface area contributed by atoms with Crippen molar-refractivity contribution in [2.75, 3.05) is 5.73 Å². The van der Waals surface area contributed by atoms with Crippen LogP contribution in [-0.4, -0.2) is 12.1 Å². The van der Waals surface area contributed by atoms with Crippen LogP contribution in [0.2, 0.25) is 0 Å². The van der Waals surface area contributed by atoms with E-state index in [0.29, 0.717) is 11.3 Å². The van der Waals surface area contributed by atoms with E-state index in [9.17, 15) is 4.79 Å². The zero-order chi connectivity index (χ0) is 12.4.